The molecule has 0 radical (unpaired) electrons. The molecule has 0 spiro atoms. The molecule has 1 amide bonds. The number of ether oxygens (including phenoxy) is 1. The minimum atomic E-state index is -0.0122. The number of nitrogens with zero attached hydrogens (tertiary/aromatic N) is 5. The van der Waals surface area contributed by atoms with E-state index in [9.17, 15) is 4.79 Å². The first-order valence-electron chi connectivity index (χ1n) is 12.7. The summed E-state index contributed by atoms with van der Waals surface area (Å²) in [5.41, 5.74) is 1.46. The van der Waals surface area contributed by atoms with Crippen molar-refractivity contribution in [3.8, 4) is 5.75 Å². The van der Waals surface area contributed by atoms with Crippen molar-refractivity contribution in [1.29, 1.82) is 0 Å². The number of amides is 1. The fourth-order valence-corrected chi connectivity index (χ4v) is 5.16. The highest BCUT2D eigenvalue weighted by atomic mass is 16.5. The highest BCUT2D eigenvalue weighted by Crippen LogP contribution is 2.35. The number of nitrogens with one attached hydrogen (secondary N) is 2. The number of rotatable bonds is 8. The Morgan fingerprint density at radius 3 is 2.66 bits per heavy atom. The molecule has 1 saturated carbocycles. The van der Waals surface area contributed by atoms with Crippen LogP contribution in [-0.4, -0.2) is 64.1 Å². The van der Waals surface area contributed by atoms with Gasteiger partial charge in [0.1, 0.15) is 22.9 Å². The minimum absolute atomic E-state index is 0.0122. The van der Waals surface area contributed by atoms with E-state index in [4.69, 9.17) is 9.72 Å². The van der Waals surface area contributed by atoms with Gasteiger partial charge in [-0.1, -0.05) is 12.8 Å². The van der Waals surface area contributed by atoms with Crippen LogP contribution in [0.25, 0.3) is 11.0 Å². The van der Waals surface area contributed by atoms with E-state index in [0.717, 1.165) is 55.1 Å². The van der Waals surface area contributed by atoms with Crippen LogP contribution in [-0.2, 0) is 0 Å². The Kier molecular flexibility index (Phi) is 7.13. The van der Waals surface area contributed by atoms with E-state index < -0.39 is 0 Å². The SMILES string of the molecule is CN(C)C(=O)c1cc2cnc(Nc3ccc(OCCC4CCNCC4)cn3)nc2n1C1CCCC1. The van der Waals surface area contributed by atoms with Gasteiger partial charge in [0.2, 0.25) is 5.95 Å². The zero-order chi connectivity index (χ0) is 24.2. The van der Waals surface area contributed by atoms with Gasteiger partial charge >= 0.3 is 0 Å². The standard InChI is InChI=1S/C26H35N7O2/c1-32(2)25(34)22-15-19-16-29-26(31-24(19)33(22)20-5-3-4-6-20)30-23-8-7-21(17-28-23)35-14-11-18-9-12-27-13-10-18/h7-8,15-18,20,27H,3-6,9-14H2,1-2H3,(H,28,29,30,31). The maximum absolute atomic E-state index is 12.9. The van der Waals surface area contributed by atoms with Crippen LogP contribution in [0.15, 0.2) is 30.6 Å². The highest BCUT2D eigenvalue weighted by Gasteiger charge is 2.26. The number of hydrogen-bond donors (Lipinski definition) is 2. The van der Waals surface area contributed by atoms with Crippen LogP contribution < -0.4 is 15.4 Å². The first-order chi connectivity index (χ1) is 17.1. The van der Waals surface area contributed by atoms with E-state index >= 15 is 0 Å². The van der Waals surface area contributed by atoms with Crippen molar-refractivity contribution in [3.05, 3.63) is 36.3 Å². The molecule has 5 rings (SSSR count). The molecule has 9 heteroatoms. The molecule has 1 saturated heterocycles. The van der Waals surface area contributed by atoms with Crippen LogP contribution in [0.1, 0.15) is 61.5 Å². The van der Waals surface area contributed by atoms with Gasteiger partial charge in [-0.25, -0.2) is 9.97 Å². The Labute approximate surface area is 206 Å². The van der Waals surface area contributed by atoms with Crippen LogP contribution in [0.5, 0.6) is 5.75 Å². The molecule has 186 valence electrons. The lowest BCUT2D eigenvalue weighted by Gasteiger charge is -2.22. The Morgan fingerprint density at radius 2 is 1.94 bits per heavy atom. The highest BCUT2D eigenvalue weighted by molar-refractivity contribution is 5.97. The Hall–Kier alpha value is -3.20. The summed E-state index contributed by atoms with van der Waals surface area (Å²) in [7, 11) is 3.56. The van der Waals surface area contributed by atoms with Gasteiger partial charge in [-0.3, -0.25) is 4.79 Å². The van der Waals surface area contributed by atoms with E-state index in [-0.39, 0.29) is 11.9 Å². The predicted octanol–water partition coefficient (Wildman–Crippen LogP) is 4.16. The molecular weight excluding hydrogens is 442 g/mol. The summed E-state index contributed by atoms with van der Waals surface area (Å²) in [6, 6.07) is 6.00. The average molecular weight is 478 g/mol. The van der Waals surface area contributed by atoms with Crippen molar-refractivity contribution in [2.75, 3.05) is 39.1 Å². The van der Waals surface area contributed by atoms with Crippen LogP contribution in [0, 0.1) is 5.92 Å². The summed E-state index contributed by atoms with van der Waals surface area (Å²) in [6.45, 7) is 2.93. The lowest BCUT2D eigenvalue weighted by atomic mass is 9.95. The van der Waals surface area contributed by atoms with Crippen molar-refractivity contribution in [3.63, 3.8) is 0 Å². The van der Waals surface area contributed by atoms with Gasteiger partial charge < -0.3 is 24.8 Å². The molecule has 0 aromatic carbocycles. The van der Waals surface area contributed by atoms with Gasteiger partial charge in [0.15, 0.2) is 0 Å². The second kappa shape index (κ2) is 10.6. The van der Waals surface area contributed by atoms with Crippen LogP contribution in [0.2, 0.25) is 0 Å². The molecule has 2 fully saturated rings. The minimum Gasteiger partial charge on any atom is -0.492 e. The molecule has 3 aromatic heterocycles. The Balaban J connectivity index is 1.29. The van der Waals surface area contributed by atoms with Crippen molar-refractivity contribution in [2.24, 2.45) is 5.92 Å². The van der Waals surface area contributed by atoms with Crippen molar-refractivity contribution < 1.29 is 9.53 Å². The average Bonchev–Trinajstić information content (AvgIpc) is 3.53. The number of hydrogen-bond acceptors (Lipinski definition) is 7. The molecule has 35 heavy (non-hydrogen) atoms. The van der Waals surface area contributed by atoms with Gasteiger partial charge in [-0.15, -0.1) is 0 Å². The summed E-state index contributed by atoms with van der Waals surface area (Å²) in [5.74, 6) is 2.61. The molecule has 2 N–H and O–H groups in total. The van der Waals surface area contributed by atoms with Crippen molar-refractivity contribution >= 4 is 28.7 Å². The summed E-state index contributed by atoms with van der Waals surface area (Å²) < 4.78 is 8.02. The summed E-state index contributed by atoms with van der Waals surface area (Å²) in [6.07, 6.45) is 11.5. The number of carbonyl (C=O) groups is 1. The number of carbonyl (C=O) groups excluding carboxylic acids is 1. The monoisotopic (exact) mass is 477 g/mol. The molecule has 3 aromatic rings. The van der Waals surface area contributed by atoms with Crippen molar-refractivity contribution in [2.45, 2.75) is 51.0 Å². The van der Waals surface area contributed by atoms with E-state index in [1.54, 1.807) is 31.4 Å². The predicted molar refractivity (Wildman–Crippen MR) is 136 cm³/mol. The second-order valence-corrected chi connectivity index (χ2v) is 9.84. The first kappa shape index (κ1) is 23.5. The van der Waals surface area contributed by atoms with Gasteiger partial charge in [-0.2, -0.15) is 4.98 Å². The normalized spacial score (nSPS) is 17.1. The fraction of sp³-hybridized carbons (Fsp3) is 0.538. The third kappa shape index (κ3) is 5.40. The molecule has 0 unspecified atom stereocenters. The number of aromatic nitrogens is 4. The van der Waals surface area contributed by atoms with Crippen LogP contribution >= 0.6 is 0 Å². The first-order valence-corrected chi connectivity index (χ1v) is 12.7. The van der Waals surface area contributed by atoms with E-state index in [1.807, 2.05) is 18.2 Å². The second-order valence-electron chi connectivity index (χ2n) is 9.84. The van der Waals surface area contributed by atoms with Crippen LogP contribution in [0.4, 0.5) is 11.8 Å². The summed E-state index contributed by atoms with van der Waals surface area (Å²) in [5, 5.41) is 7.48. The smallest absolute Gasteiger partial charge is 0.270 e. The summed E-state index contributed by atoms with van der Waals surface area (Å²) in [4.78, 5) is 28.2. The molecule has 1 aliphatic carbocycles. The van der Waals surface area contributed by atoms with Gasteiger partial charge in [0.05, 0.1) is 12.8 Å². The Bertz CT molecular complexity index is 1150. The number of pyridine rings is 1. The third-order valence-electron chi connectivity index (χ3n) is 7.12. The maximum Gasteiger partial charge on any atom is 0.270 e. The summed E-state index contributed by atoms with van der Waals surface area (Å²) >= 11 is 0. The molecular formula is C26H35N7O2. The molecule has 4 heterocycles. The van der Waals surface area contributed by atoms with Gasteiger partial charge in [-0.05, 0) is 69.3 Å². The molecule has 1 aliphatic heterocycles. The lowest BCUT2D eigenvalue weighted by Crippen LogP contribution is -2.28. The van der Waals surface area contributed by atoms with Gasteiger partial charge in [0, 0.05) is 31.7 Å². The fourth-order valence-electron chi connectivity index (χ4n) is 5.16. The largest absolute Gasteiger partial charge is 0.492 e. The van der Waals surface area contributed by atoms with E-state index in [1.165, 1.54) is 25.7 Å². The molecule has 0 atom stereocenters. The molecule has 0 bridgehead atoms. The van der Waals surface area contributed by atoms with E-state index in [2.05, 4.69) is 25.2 Å². The topological polar surface area (TPSA) is 97.2 Å². The number of piperidine rings is 1. The Morgan fingerprint density at radius 1 is 1.14 bits per heavy atom. The maximum atomic E-state index is 12.9. The number of anilines is 2. The van der Waals surface area contributed by atoms with Gasteiger partial charge in [0.25, 0.3) is 5.91 Å². The zero-order valence-corrected chi connectivity index (χ0v) is 20.7. The molecule has 9 nitrogen and oxygen atoms in total. The van der Waals surface area contributed by atoms with Crippen molar-refractivity contribution in [1.82, 2.24) is 29.7 Å². The lowest BCUT2D eigenvalue weighted by molar-refractivity contribution is 0.0815. The third-order valence-corrected chi connectivity index (χ3v) is 7.12. The quantitative estimate of drug-likeness (QED) is 0.503. The molecule has 2 aliphatic rings. The zero-order valence-electron chi connectivity index (χ0n) is 20.7. The number of fused-ring (bicyclic) bond motifs is 1. The van der Waals surface area contributed by atoms with E-state index in [0.29, 0.717) is 24.1 Å². The van der Waals surface area contributed by atoms with Crippen LogP contribution in [0.3, 0.4) is 0 Å².